The Hall–Kier alpha value is -3.07. The molecule has 130 valence electrons. The van der Waals surface area contributed by atoms with E-state index >= 15 is 0 Å². The summed E-state index contributed by atoms with van der Waals surface area (Å²) in [6, 6.07) is 15.4. The van der Waals surface area contributed by atoms with Gasteiger partial charge in [0.15, 0.2) is 0 Å². The standard InChI is InChI=1S/C23H21NO2/c1-3-7-21-19(4-2)22-14-16-8-5-6-9-20(16)23(21,24(22)15-25)17-10-12-18(26)13-11-17/h3-13,15,22,26H,2,14H2,1H3/b7-3-. The van der Waals surface area contributed by atoms with E-state index in [9.17, 15) is 9.90 Å². The number of hydrogen-bond donors (Lipinski definition) is 1. The smallest absolute Gasteiger partial charge is 0.211 e. The number of carbonyl (C=O) groups is 1. The summed E-state index contributed by atoms with van der Waals surface area (Å²) in [7, 11) is 0. The predicted molar refractivity (Wildman–Crippen MR) is 103 cm³/mol. The molecule has 0 saturated heterocycles. The normalized spacial score (nSPS) is 24.0. The van der Waals surface area contributed by atoms with Crippen LogP contribution in [0.25, 0.3) is 0 Å². The molecule has 0 spiro atoms. The molecule has 3 nitrogen and oxygen atoms in total. The number of benzene rings is 2. The molecular weight excluding hydrogens is 322 g/mol. The van der Waals surface area contributed by atoms with Crippen LogP contribution in [0.2, 0.25) is 0 Å². The van der Waals surface area contributed by atoms with Crippen LogP contribution in [-0.4, -0.2) is 22.5 Å². The Bertz CT molecular complexity index is 939. The maximum Gasteiger partial charge on any atom is 0.211 e. The maximum absolute atomic E-state index is 12.3. The summed E-state index contributed by atoms with van der Waals surface area (Å²) in [5.74, 6) is 0.210. The number of amides is 1. The number of phenols is 1. The molecule has 2 bridgehead atoms. The zero-order chi connectivity index (χ0) is 18.3. The largest absolute Gasteiger partial charge is 0.508 e. The van der Waals surface area contributed by atoms with Crippen LogP contribution in [0.15, 0.2) is 84.5 Å². The molecule has 2 aliphatic rings. The molecule has 0 radical (unpaired) electrons. The number of nitrogens with zero attached hydrogens (tertiary/aromatic N) is 1. The third-order valence-corrected chi connectivity index (χ3v) is 5.56. The molecule has 0 aromatic heterocycles. The van der Waals surface area contributed by atoms with Crippen LogP contribution in [0.4, 0.5) is 0 Å². The minimum Gasteiger partial charge on any atom is -0.508 e. The summed E-state index contributed by atoms with van der Waals surface area (Å²) < 4.78 is 0. The highest BCUT2D eigenvalue weighted by Gasteiger charge is 2.55. The first-order valence-electron chi connectivity index (χ1n) is 8.79. The third kappa shape index (κ3) is 1.97. The van der Waals surface area contributed by atoms with E-state index in [4.69, 9.17) is 0 Å². The molecule has 1 N–H and O–H groups in total. The van der Waals surface area contributed by atoms with E-state index in [-0.39, 0.29) is 11.8 Å². The number of aromatic hydroxyl groups is 1. The molecular formula is C23H21NO2. The van der Waals surface area contributed by atoms with Gasteiger partial charge in [0.25, 0.3) is 0 Å². The van der Waals surface area contributed by atoms with Crippen molar-refractivity contribution < 1.29 is 9.90 Å². The van der Waals surface area contributed by atoms with Crippen molar-refractivity contribution in [1.29, 1.82) is 0 Å². The van der Waals surface area contributed by atoms with Gasteiger partial charge in [0.1, 0.15) is 11.3 Å². The summed E-state index contributed by atoms with van der Waals surface area (Å²) in [5.41, 5.74) is 4.76. The average Bonchev–Trinajstić information content (AvgIpc) is 2.86. The summed E-state index contributed by atoms with van der Waals surface area (Å²) in [5, 5.41) is 9.78. The first-order valence-corrected chi connectivity index (χ1v) is 8.79. The van der Waals surface area contributed by atoms with Gasteiger partial charge in [0.05, 0.1) is 6.04 Å². The van der Waals surface area contributed by atoms with Crippen LogP contribution in [0, 0.1) is 0 Å². The molecule has 0 fully saturated rings. The van der Waals surface area contributed by atoms with Gasteiger partial charge in [-0.1, -0.05) is 61.2 Å². The van der Waals surface area contributed by atoms with Gasteiger partial charge in [-0.05, 0) is 53.3 Å². The molecule has 2 aromatic rings. The third-order valence-electron chi connectivity index (χ3n) is 5.56. The molecule has 2 aromatic carbocycles. The van der Waals surface area contributed by atoms with Crippen molar-refractivity contribution in [2.24, 2.45) is 0 Å². The SMILES string of the molecule is C=CC1=C(/C=C\C)C2(c3ccc(O)cc3)c3ccccc3CC1N2C=O. The Labute approximate surface area is 153 Å². The second kappa shape index (κ2) is 6.03. The van der Waals surface area contributed by atoms with Crippen LogP contribution >= 0.6 is 0 Å². The monoisotopic (exact) mass is 343 g/mol. The Morgan fingerprint density at radius 3 is 2.58 bits per heavy atom. The lowest BCUT2D eigenvalue weighted by Gasteiger charge is -2.46. The minimum atomic E-state index is -0.703. The van der Waals surface area contributed by atoms with Gasteiger partial charge in [-0.25, -0.2) is 0 Å². The summed E-state index contributed by atoms with van der Waals surface area (Å²) >= 11 is 0. The summed E-state index contributed by atoms with van der Waals surface area (Å²) in [4.78, 5) is 14.2. The summed E-state index contributed by atoms with van der Waals surface area (Å²) in [6.07, 6.45) is 7.70. The Kier molecular flexibility index (Phi) is 3.80. The van der Waals surface area contributed by atoms with Crippen molar-refractivity contribution in [3.63, 3.8) is 0 Å². The number of allylic oxidation sites excluding steroid dienone is 1. The molecule has 2 unspecified atom stereocenters. The minimum absolute atomic E-state index is 0.0418. The van der Waals surface area contributed by atoms with Gasteiger partial charge in [0, 0.05) is 0 Å². The molecule has 0 aliphatic carbocycles. The fraction of sp³-hybridized carbons (Fsp3) is 0.174. The molecule has 1 amide bonds. The fourth-order valence-electron chi connectivity index (χ4n) is 4.61. The van der Waals surface area contributed by atoms with Crippen LogP contribution in [0.3, 0.4) is 0 Å². The van der Waals surface area contributed by atoms with Gasteiger partial charge >= 0.3 is 0 Å². The fourth-order valence-corrected chi connectivity index (χ4v) is 4.61. The summed E-state index contributed by atoms with van der Waals surface area (Å²) in [6.45, 7) is 6.02. The van der Waals surface area contributed by atoms with E-state index in [1.54, 1.807) is 12.1 Å². The van der Waals surface area contributed by atoms with Gasteiger partial charge in [-0.15, -0.1) is 0 Å². The van der Waals surface area contributed by atoms with E-state index in [0.29, 0.717) is 0 Å². The van der Waals surface area contributed by atoms with Gasteiger partial charge in [0.2, 0.25) is 6.41 Å². The molecule has 2 heterocycles. The zero-order valence-corrected chi connectivity index (χ0v) is 14.7. The highest BCUT2D eigenvalue weighted by atomic mass is 16.3. The lowest BCUT2D eigenvalue weighted by atomic mass is 9.73. The van der Waals surface area contributed by atoms with Crippen LogP contribution < -0.4 is 0 Å². The van der Waals surface area contributed by atoms with E-state index in [0.717, 1.165) is 35.1 Å². The topological polar surface area (TPSA) is 40.5 Å². The lowest BCUT2D eigenvalue weighted by molar-refractivity contribution is -0.123. The molecule has 26 heavy (non-hydrogen) atoms. The highest BCUT2D eigenvalue weighted by Crippen LogP contribution is 2.55. The number of fused-ring (bicyclic) bond motifs is 4. The van der Waals surface area contributed by atoms with Crippen LogP contribution in [-0.2, 0) is 16.8 Å². The van der Waals surface area contributed by atoms with E-state index in [1.807, 2.05) is 48.2 Å². The van der Waals surface area contributed by atoms with Crippen LogP contribution in [0.1, 0.15) is 23.6 Å². The molecule has 2 atom stereocenters. The Morgan fingerprint density at radius 1 is 1.19 bits per heavy atom. The lowest BCUT2D eigenvalue weighted by Crippen LogP contribution is -2.51. The van der Waals surface area contributed by atoms with E-state index in [1.165, 1.54) is 5.56 Å². The first kappa shape index (κ1) is 16.4. The van der Waals surface area contributed by atoms with Crippen molar-refractivity contribution in [3.8, 4) is 5.75 Å². The average molecular weight is 343 g/mol. The molecule has 2 aliphatic heterocycles. The van der Waals surface area contributed by atoms with Gasteiger partial charge in [-0.3, -0.25) is 4.79 Å². The van der Waals surface area contributed by atoms with Crippen molar-refractivity contribution >= 4 is 6.41 Å². The maximum atomic E-state index is 12.3. The van der Waals surface area contributed by atoms with Crippen molar-refractivity contribution in [3.05, 3.63) is 101 Å². The molecule has 0 saturated carbocycles. The quantitative estimate of drug-likeness (QED) is 0.850. The van der Waals surface area contributed by atoms with E-state index < -0.39 is 5.54 Å². The first-order chi connectivity index (χ1) is 12.7. The second-order valence-electron chi connectivity index (χ2n) is 6.72. The number of hydrogen-bond acceptors (Lipinski definition) is 2. The molecule has 4 rings (SSSR count). The van der Waals surface area contributed by atoms with Gasteiger partial charge in [-0.2, -0.15) is 0 Å². The van der Waals surface area contributed by atoms with Crippen LogP contribution in [0.5, 0.6) is 5.75 Å². The van der Waals surface area contributed by atoms with E-state index in [2.05, 4.69) is 24.8 Å². The predicted octanol–water partition coefficient (Wildman–Crippen LogP) is 4.09. The molecule has 3 heteroatoms. The van der Waals surface area contributed by atoms with Crippen molar-refractivity contribution in [2.75, 3.05) is 0 Å². The number of carbonyl (C=O) groups excluding carboxylic acids is 1. The Balaban J connectivity index is 2.14. The second-order valence-corrected chi connectivity index (χ2v) is 6.72. The Morgan fingerprint density at radius 2 is 1.92 bits per heavy atom. The number of phenolic OH excluding ortho intramolecular Hbond substituents is 1. The highest BCUT2D eigenvalue weighted by molar-refractivity contribution is 5.71. The van der Waals surface area contributed by atoms with Gasteiger partial charge < -0.3 is 10.0 Å². The zero-order valence-electron chi connectivity index (χ0n) is 14.7. The number of rotatable bonds is 4. The van der Waals surface area contributed by atoms with Crippen molar-refractivity contribution in [2.45, 2.75) is 24.9 Å². The van der Waals surface area contributed by atoms with Crippen molar-refractivity contribution in [1.82, 2.24) is 4.90 Å².